The molecule has 24 heteroatoms. The molecule has 3 aromatic heterocycles. The minimum Gasteiger partial charge on any atom is -0.480 e. The molecule has 0 saturated carbocycles. The van der Waals surface area contributed by atoms with Gasteiger partial charge < -0.3 is 28.7 Å². The number of benzene rings is 6. The number of carbonyl (C=O) groups excluding carboxylic acids is 1. The third kappa shape index (κ3) is 12.3. The van der Waals surface area contributed by atoms with Crippen molar-refractivity contribution in [1.82, 2.24) is 18.4 Å². The number of fused-ring (bicyclic) bond motifs is 6. The summed E-state index contributed by atoms with van der Waals surface area (Å²) in [5, 5.41) is 22.8. The van der Waals surface area contributed by atoms with Gasteiger partial charge in [-0.15, -0.1) is 0 Å². The number of nitrogens with one attached hydrogen (secondary N) is 1. The van der Waals surface area contributed by atoms with Crippen molar-refractivity contribution in [3.63, 3.8) is 0 Å². The number of nitrogens with zero attached hydrogens (tertiary/aromatic N) is 5. The fourth-order valence-electron chi connectivity index (χ4n) is 11.5. The number of carbonyl (C=O) groups is 3. The van der Waals surface area contributed by atoms with E-state index < -0.39 is 47.8 Å². The predicted octanol–water partition coefficient (Wildman–Crippen LogP) is 10.1. The molecule has 12 rings (SSSR count). The summed E-state index contributed by atoms with van der Waals surface area (Å²) in [6, 6.07) is 29.5. The van der Waals surface area contributed by atoms with Crippen molar-refractivity contribution < 1.29 is 67.8 Å². The third-order valence-corrected chi connectivity index (χ3v) is 20.3. The Bertz CT molecular complexity index is 4760. The molecule has 0 saturated heterocycles. The van der Waals surface area contributed by atoms with Gasteiger partial charge in [-0.25, -0.2) is 43.1 Å². The SMILES string of the molecule is CCOC(=O)Cn1c(C)c(Cc2ccc3c(c2)N(C)S(=O)(=O)C=C3)c2cc(F)ccc21.Cc1c(Cc2ccc3c(c2)CNS3(=O)=O)c2cc(F)ccc2n1CC(=O)O.Cc1c(Cc2ccc3c(c2)N(C)S(=O)(=O)C=C3)c2cc(F)ccc2n1CC(=O)O. The number of rotatable bonds is 13. The number of ether oxygens (including phenoxy) is 1. The summed E-state index contributed by atoms with van der Waals surface area (Å²) in [7, 11) is -7.37. The molecular formula is C63H59F3N6O12S3. The molecule has 0 unspecified atom stereocenters. The normalized spacial score (nSPS) is 14.9. The molecule has 3 N–H and O–H groups in total. The first-order valence-electron chi connectivity index (χ1n) is 27.3. The van der Waals surface area contributed by atoms with E-state index >= 15 is 0 Å². The van der Waals surface area contributed by atoms with Gasteiger partial charge in [0.1, 0.15) is 37.1 Å². The highest BCUT2D eigenvalue weighted by Gasteiger charge is 2.28. The Labute approximate surface area is 499 Å². The van der Waals surface area contributed by atoms with E-state index in [4.69, 9.17) is 4.74 Å². The minimum absolute atomic E-state index is 0.0395. The van der Waals surface area contributed by atoms with Crippen LogP contribution < -0.4 is 13.3 Å². The Morgan fingerprint density at radius 1 is 0.529 bits per heavy atom. The first kappa shape index (κ1) is 61.1. The highest BCUT2D eigenvalue weighted by Crippen LogP contribution is 2.37. The summed E-state index contributed by atoms with van der Waals surface area (Å²) in [4.78, 5) is 34.9. The first-order valence-corrected chi connectivity index (χ1v) is 31.8. The van der Waals surface area contributed by atoms with Gasteiger partial charge in [-0.2, -0.15) is 0 Å². The van der Waals surface area contributed by atoms with Crippen molar-refractivity contribution in [2.75, 3.05) is 29.3 Å². The summed E-state index contributed by atoms with van der Waals surface area (Å²) in [5.74, 6) is -3.45. The van der Waals surface area contributed by atoms with E-state index in [-0.39, 0.29) is 48.7 Å². The van der Waals surface area contributed by atoms with Crippen molar-refractivity contribution in [3.05, 3.63) is 205 Å². The molecule has 0 spiro atoms. The minimum atomic E-state index is -3.49. The number of hydrogen-bond donors (Lipinski definition) is 3. The average Bonchev–Trinajstić information content (AvgIpc) is 2.38. The lowest BCUT2D eigenvalue weighted by Gasteiger charge is -2.23. The highest BCUT2D eigenvalue weighted by atomic mass is 32.2. The maximum Gasteiger partial charge on any atom is 0.325 e. The molecule has 3 aliphatic heterocycles. The maximum absolute atomic E-state index is 14.1. The van der Waals surface area contributed by atoms with E-state index in [9.17, 15) is 63.0 Å². The van der Waals surface area contributed by atoms with Crippen LogP contribution in [0.15, 0.2) is 125 Å². The van der Waals surface area contributed by atoms with Crippen LogP contribution in [0.3, 0.4) is 0 Å². The second kappa shape index (κ2) is 23.7. The first-order chi connectivity index (χ1) is 41.1. The van der Waals surface area contributed by atoms with Crippen molar-refractivity contribution in [1.29, 1.82) is 0 Å². The topological polar surface area (TPSA) is 237 Å². The fraction of sp³-hybridized carbons (Fsp3) is 0.222. The van der Waals surface area contributed by atoms with Crippen LogP contribution >= 0.6 is 0 Å². The Kier molecular flexibility index (Phi) is 16.7. The molecule has 3 aliphatic rings. The van der Waals surface area contributed by atoms with Crippen molar-refractivity contribution in [3.8, 4) is 0 Å². The van der Waals surface area contributed by atoms with Gasteiger partial charge in [0.15, 0.2) is 0 Å². The van der Waals surface area contributed by atoms with E-state index in [0.717, 1.165) is 72.5 Å². The van der Waals surface area contributed by atoms with E-state index in [1.807, 2.05) is 61.7 Å². The summed E-state index contributed by atoms with van der Waals surface area (Å²) < 4.78 is 129. The van der Waals surface area contributed by atoms with Crippen LogP contribution in [0.2, 0.25) is 0 Å². The molecule has 0 radical (unpaired) electrons. The van der Waals surface area contributed by atoms with Gasteiger partial charge in [-0.3, -0.25) is 23.0 Å². The predicted molar refractivity (Wildman–Crippen MR) is 326 cm³/mol. The van der Waals surface area contributed by atoms with Crippen LogP contribution in [-0.2, 0) is 94.6 Å². The van der Waals surface area contributed by atoms with Crippen molar-refractivity contribution in [2.45, 2.75) is 78.0 Å². The van der Waals surface area contributed by atoms with Crippen LogP contribution in [-0.4, -0.2) is 87.8 Å². The Morgan fingerprint density at radius 2 is 0.908 bits per heavy atom. The largest absolute Gasteiger partial charge is 0.480 e. The molecule has 0 bridgehead atoms. The molecule has 18 nitrogen and oxygen atoms in total. The van der Waals surface area contributed by atoms with E-state index in [1.165, 1.54) is 69.9 Å². The summed E-state index contributed by atoms with van der Waals surface area (Å²) in [6.07, 6.45) is 4.48. The van der Waals surface area contributed by atoms with E-state index in [1.54, 1.807) is 64.6 Å². The maximum atomic E-state index is 14.1. The average molecular weight is 1250 g/mol. The van der Waals surface area contributed by atoms with Gasteiger partial charge in [0, 0.05) is 70.4 Å². The number of carboxylic acid groups (broad SMARTS) is 2. The molecule has 9 aromatic rings. The van der Waals surface area contributed by atoms with Crippen LogP contribution in [0.25, 0.3) is 44.9 Å². The fourth-order valence-corrected chi connectivity index (χ4v) is 14.6. The van der Waals surface area contributed by atoms with Crippen LogP contribution in [0.5, 0.6) is 0 Å². The molecule has 87 heavy (non-hydrogen) atoms. The second-order valence-electron chi connectivity index (χ2n) is 21.2. The molecule has 0 aliphatic carbocycles. The number of hydrogen-bond acceptors (Lipinski definition) is 10. The number of halogens is 3. The number of anilines is 2. The summed E-state index contributed by atoms with van der Waals surface area (Å²) >= 11 is 0. The lowest BCUT2D eigenvalue weighted by atomic mass is 9.99. The molecule has 6 aromatic carbocycles. The zero-order valence-electron chi connectivity index (χ0n) is 47.9. The monoisotopic (exact) mass is 1240 g/mol. The lowest BCUT2D eigenvalue weighted by molar-refractivity contribution is -0.144. The van der Waals surface area contributed by atoms with Gasteiger partial charge in [-0.1, -0.05) is 36.4 Å². The van der Waals surface area contributed by atoms with E-state index in [0.29, 0.717) is 64.6 Å². The van der Waals surface area contributed by atoms with Crippen molar-refractivity contribution >= 4 is 104 Å². The Morgan fingerprint density at radius 3 is 1.30 bits per heavy atom. The van der Waals surface area contributed by atoms with E-state index in [2.05, 4.69) is 4.72 Å². The van der Waals surface area contributed by atoms with Crippen LogP contribution in [0.4, 0.5) is 24.5 Å². The standard InChI is InChI=1S/C23H23FN2O4S.C21H19FN2O4S.C19H17FN2O4S/c1-4-30-23(27)14-26-15(2)19(20-13-18(24)7-8-21(20)26)11-16-5-6-17-9-10-31(28,29)25(3)22(17)12-16;1-13-17(18-11-16(22)5-6-19(18)24(13)12-21(25)26)9-14-3-4-15-7-8-29(27,28)23(2)20(15)10-14;1-11-15(7-12-2-5-18-13(6-12)9-21-27(18,25)26)16-8-14(20)3-4-17(16)22(11)10-19(23)24/h5-10,12-13H,4,11,14H2,1-3H3;3-8,10-11H,9,12H2,1-2H3,(H,25,26);2-6,8,21H,7,9-10H2,1H3,(H,23,24). The van der Waals surface area contributed by atoms with Gasteiger partial charge in [-0.05, 0) is 182 Å². The molecule has 6 heterocycles. The zero-order valence-corrected chi connectivity index (χ0v) is 50.4. The number of carboxylic acids is 2. The summed E-state index contributed by atoms with van der Waals surface area (Å²) in [6.45, 7) is 7.43. The quantitative estimate of drug-likeness (QED) is 0.0915. The number of aliphatic carboxylic acids is 2. The smallest absolute Gasteiger partial charge is 0.325 e. The van der Waals surface area contributed by atoms with Gasteiger partial charge in [0.05, 0.1) is 33.7 Å². The molecule has 0 fully saturated rings. The molecule has 452 valence electrons. The number of sulfonamides is 3. The second-order valence-corrected chi connectivity index (χ2v) is 26.7. The van der Waals surface area contributed by atoms with Gasteiger partial charge >= 0.3 is 17.9 Å². The van der Waals surface area contributed by atoms with Gasteiger partial charge in [0.25, 0.3) is 20.0 Å². The molecule has 0 atom stereocenters. The lowest BCUT2D eigenvalue weighted by Crippen LogP contribution is -2.27. The van der Waals surface area contributed by atoms with Crippen molar-refractivity contribution in [2.24, 2.45) is 0 Å². The zero-order chi connectivity index (χ0) is 62.6. The molecular weight excluding hydrogens is 1190 g/mol. The molecule has 0 amide bonds. The number of esters is 1. The summed E-state index contributed by atoms with van der Waals surface area (Å²) in [5.41, 5.74) is 13.0. The van der Waals surface area contributed by atoms with Crippen LogP contribution in [0, 0.1) is 38.2 Å². The van der Waals surface area contributed by atoms with Crippen LogP contribution in [0.1, 0.15) is 74.1 Å². The highest BCUT2D eigenvalue weighted by molar-refractivity contribution is 7.96. The third-order valence-electron chi connectivity index (χ3n) is 15.9. The van der Waals surface area contributed by atoms with Gasteiger partial charge in [0.2, 0.25) is 10.0 Å². The number of aromatic nitrogens is 3. The Hall–Kier alpha value is -8.97. The Balaban J connectivity index is 0.000000145.